The van der Waals surface area contributed by atoms with E-state index < -0.39 is 10.0 Å². The second kappa shape index (κ2) is 11.7. The highest BCUT2D eigenvalue weighted by Gasteiger charge is 2.32. The summed E-state index contributed by atoms with van der Waals surface area (Å²) in [5.41, 5.74) is 9.08. The summed E-state index contributed by atoms with van der Waals surface area (Å²) in [6.45, 7) is 2.41. The van der Waals surface area contributed by atoms with Crippen LogP contribution in [-0.2, 0) is 10.0 Å². The fraction of sp³-hybridized carbons (Fsp3) is 0.241. The molecule has 1 saturated heterocycles. The van der Waals surface area contributed by atoms with E-state index in [0.29, 0.717) is 54.6 Å². The number of anilines is 4. The standard InChI is InChI=1S/C29H30F2N6O2S/c1-19-18-24(8-11-26(19)31)34-27-12-15-33-29(36-27)35-23-6-9-25(10-7-23)40(38,39)37-16-13-21(14-17-37)28(32)20-2-4-22(30)5-3-20/h2-12,15,18,21,28H,13-14,16-17,32H2,1H3,(H2,33,34,35,36)/t28-/m0/s1. The van der Waals surface area contributed by atoms with E-state index in [2.05, 4.69) is 20.6 Å². The first-order valence-electron chi connectivity index (χ1n) is 12.9. The predicted octanol–water partition coefficient (Wildman–Crippen LogP) is 5.65. The average Bonchev–Trinajstić information content (AvgIpc) is 2.96. The summed E-state index contributed by atoms with van der Waals surface area (Å²) < 4.78 is 54.8. The van der Waals surface area contributed by atoms with E-state index in [1.165, 1.54) is 22.5 Å². The molecule has 3 aromatic carbocycles. The van der Waals surface area contributed by atoms with Crippen molar-refractivity contribution >= 4 is 33.2 Å². The Labute approximate surface area is 232 Å². The van der Waals surface area contributed by atoms with E-state index in [9.17, 15) is 17.2 Å². The summed E-state index contributed by atoms with van der Waals surface area (Å²) in [5.74, 6) is 0.356. The molecule has 0 spiro atoms. The highest BCUT2D eigenvalue weighted by molar-refractivity contribution is 7.89. The Morgan fingerprint density at radius 1 is 0.925 bits per heavy atom. The zero-order valence-corrected chi connectivity index (χ0v) is 22.7. The van der Waals surface area contributed by atoms with E-state index in [-0.39, 0.29) is 28.5 Å². The smallest absolute Gasteiger partial charge is 0.243 e. The van der Waals surface area contributed by atoms with Crippen LogP contribution in [-0.4, -0.2) is 35.8 Å². The van der Waals surface area contributed by atoms with Crippen molar-refractivity contribution < 1.29 is 17.2 Å². The van der Waals surface area contributed by atoms with Gasteiger partial charge in [0.25, 0.3) is 0 Å². The number of rotatable bonds is 8. The zero-order chi connectivity index (χ0) is 28.3. The van der Waals surface area contributed by atoms with Crippen LogP contribution in [0.1, 0.15) is 30.0 Å². The van der Waals surface area contributed by atoms with Gasteiger partial charge in [-0.05, 0) is 97.5 Å². The van der Waals surface area contributed by atoms with Gasteiger partial charge in [-0.25, -0.2) is 22.2 Å². The van der Waals surface area contributed by atoms with Crippen LogP contribution in [0.15, 0.2) is 83.9 Å². The number of nitrogens with one attached hydrogen (secondary N) is 2. The third-order valence-electron chi connectivity index (χ3n) is 7.10. The van der Waals surface area contributed by atoms with Gasteiger partial charge in [0, 0.05) is 36.7 Å². The summed E-state index contributed by atoms with van der Waals surface area (Å²) in [6.07, 6.45) is 2.83. The first-order valence-corrected chi connectivity index (χ1v) is 14.4. The van der Waals surface area contributed by atoms with E-state index in [1.54, 1.807) is 67.7 Å². The molecule has 0 amide bonds. The van der Waals surface area contributed by atoms with Gasteiger partial charge in [-0.15, -0.1) is 0 Å². The number of benzene rings is 3. The molecule has 1 atom stereocenters. The lowest BCUT2D eigenvalue weighted by Crippen LogP contribution is -2.40. The Hall–Kier alpha value is -3.93. The minimum absolute atomic E-state index is 0.112. The van der Waals surface area contributed by atoms with E-state index in [1.807, 2.05) is 0 Å². The van der Waals surface area contributed by atoms with Crippen molar-refractivity contribution in [3.63, 3.8) is 0 Å². The number of nitrogens with two attached hydrogens (primary N) is 1. The van der Waals surface area contributed by atoms with Gasteiger partial charge in [0.2, 0.25) is 16.0 Å². The maximum absolute atomic E-state index is 13.5. The van der Waals surface area contributed by atoms with Gasteiger partial charge in [-0.1, -0.05) is 12.1 Å². The molecule has 1 aromatic heterocycles. The van der Waals surface area contributed by atoms with Gasteiger partial charge in [0.1, 0.15) is 17.5 Å². The maximum Gasteiger partial charge on any atom is 0.243 e. The lowest BCUT2D eigenvalue weighted by atomic mass is 9.86. The molecular formula is C29H30F2N6O2S. The van der Waals surface area contributed by atoms with Gasteiger partial charge in [0.05, 0.1) is 4.90 Å². The first-order chi connectivity index (χ1) is 19.2. The number of halogens is 2. The molecule has 0 saturated carbocycles. The molecule has 0 aliphatic carbocycles. The second-order valence-electron chi connectivity index (χ2n) is 9.82. The molecular weight excluding hydrogens is 534 g/mol. The molecule has 2 heterocycles. The number of nitrogens with zero attached hydrogens (tertiary/aromatic N) is 3. The van der Waals surface area contributed by atoms with Gasteiger partial charge >= 0.3 is 0 Å². The zero-order valence-electron chi connectivity index (χ0n) is 21.9. The van der Waals surface area contributed by atoms with Crippen LogP contribution in [0, 0.1) is 24.5 Å². The SMILES string of the molecule is Cc1cc(Nc2ccnc(Nc3ccc(S(=O)(=O)N4CCC([C@@H](N)c5ccc(F)cc5)CC4)cc3)n2)ccc1F. The Balaban J connectivity index is 1.20. The van der Waals surface area contributed by atoms with Crippen LogP contribution in [0.4, 0.5) is 31.9 Å². The average molecular weight is 565 g/mol. The summed E-state index contributed by atoms with van der Waals surface area (Å²) in [6, 6.07) is 18.7. The lowest BCUT2D eigenvalue weighted by Gasteiger charge is -2.34. The van der Waals surface area contributed by atoms with Crippen LogP contribution in [0.3, 0.4) is 0 Å². The Morgan fingerprint density at radius 2 is 1.60 bits per heavy atom. The highest BCUT2D eigenvalue weighted by Crippen LogP contribution is 2.32. The molecule has 5 rings (SSSR count). The van der Waals surface area contributed by atoms with Crippen LogP contribution in [0.5, 0.6) is 0 Å². The number of sulfonamides is 1. The van der Waals surface area contributed by atoms with Crippen molar-refractivity contribution in [3.05, 3.63) is 102 Å². The first kappa shape index (κ1) is 27.6. The number of piperidine rings is 1. The lowest BCUT2D eigenvalue weighted by molar-refractivity contribution is 0.245. The molecule has 1 aliphatic heterocycles. The topological polar surface area (TPSA) is 113 Å². The molecule has 8 nitrogen and oxygen atoms in total. The third-order valence-corrected chi connectivity index (χ3v) is 9.01. The van der Waals surface area contributed by atoms with Crippen LogP contribution >= 0.6 is 0 Å². The van der Waals surface area contributed by atoms with Crippen molar-refractivity contribution in [1.82, 2.24) is 14.3 Å². The molecule has 11 heteroatoms. The Kier molecular flexibility index (Phi) is 8.06. The van der Waals surface area contributed by atoms with E-state index in [0.717, 1.165) is 5.56 Å². The summed E-state index contributed by atoms with van der Waals surface area (Å²) >= 11 is 0. The second-order valence-corrected chi connectivity index (χ2v) is 11.8. The monoisotopic (exact) mass is 564 g/mol. The minimum atomic E-state index is -3.67. The third kappa shape index (κ3) is 6.27. The maximum atomic E-state index is 13.5. The molecule has 40 heavy (non-hydrogen) atoms. The van der Waals surface area contributed by atoms with Gasteiger partial charge < -0.3 is 16.4 Å². The predicted molar refractivity (Wildman–Crippen MR) is 151 cm³/mol. The van der Waals surface area contributed by atoms with Gasteiger partial charge in [-0.3, -0.25) is 0 Å². The summed E-state index contributed by atoms with van der Waals surface area (Å²) in [4.78, 5) is 8.84. The fourth-order valence-corrected chi connectivity index (χ4v) is 6.25. The quantitative estimate of drug-likeness (QED) is 0.253. The largest absolute Gasteiger partial charge is 0.340 e. The molecule has 1 aliphatic rings. The summed E-state index contributed by atoms with van der Waals surface area (Å²) in [7, 11) is -3.67. The van der Waals surface area contributed by atoms with Gasteiger partial charge in [0.15, 0.2) is 0 Å². The number of aromatic nitrogens is 2. The number of aryl methyl sites for hydroxylation is 1. The van der Waals surface area contributed by atoms with Crippen molar-refractivity contribution in [1.29, 1.82) is 0 Å². The molecule has 0 radical (unpaired) electrons. The van der Waals surface area contributed by atoms with E-state index >= 15 is 0 Å². The molecule has 0 unspecified atom stereocenters. The van der Waals surface area contributed by atoms with Crippen LogP contribution < -0.4 is 16.4 Å². The molecule has 1 fully saturated rings. The number of hydrogen-bond donors (Lipinski definition) is 3. The number of hydrogen-bond acceptors (Lipinski definition) is 7. The van der Waals surface area contributed by atoms with Crippen molar-refractivity contribution in [2.45, 2.75) is 30.7 Å². The van der Waals surface area contributed by atoms with Crippen LogP contribution in [0.25, 0.3) is 0 Å². The highest BCUT2D eigenvalue weighted by atomic mass is 32.2. The molecule has 4 aromatic rings. The van der Waals surface area contributed by atoms with Crippen LogP contribution in [0.2, 0.25) is 0 Å². The summed E-state index contributed by atoms with van der Waals surface area (Å²) in [5, 5.41) is 6.20. The van der Waals surface area contributed by atoms with Gasteiger partial charge in [-0.2, -0.15) is 9.29 Å². The van der Waals surface area contributed by atoms with E-state index in [4.69, 9.17) is 5.73 Å². The van der Waals surface area contributed by atoms with Crippen molar-refractivity contribution in [3.8, 4) is 0 Å². The Morgan fingerprint density at radius 3 is 2.27 bits per heavy atom. The van der Waals surface area contributed by atoms with Crippen molar-refractivity contribution in [2.24, 2.45) is 11.7 Å². The Bertz CT molecular complexity index is 1580. The molecule has 4 N–H and O–H groups in total. The minimum Gasteiger partial charge on any atom is -0.340 e. The van der Waals surface area contributed by atoms with Crippen molar-refractivity contribution in [2.75, 3.05) is 23.7 Å². The molecule has 208 valence electrons. The molecule has 0 bridgehead atoms. The fourth-order valence-electron chi connectivity index (χ4n) is 4.78. The normalized spacial score (nSPS) is 15.5.